The van der Waals surface area contributed by atoms with Gasteiger partial charge < -0.3 is 9.64 Å². The first-order chi connectivity index (χ1) is 9.58. The first-order valence-corrected chi connectivity index (χ1v) is 7.99. The Morgan fingerprint density at radius 2 is 2.20 bits per heavy atom. The van der Waals surface area contributed by atoms with E-state index in [-0.39, 0.29) is 17.8 Å². The molecule has 1 aliphatic heterocycles. The van der Waals surface area contributed by atoms with Crippen LogP contribution in [0.25, 0.3) is 0 Å². The maximum Gasteiger partial charge on any atom is 0.337 e. The molecule has 0 fully saturated rings. The molecule has 1 aromatic carbocycles. The third-order valence-electron chi connectivity index (χ3n) is 3.50. The lowest BCUT2D eigenvalue weighted by Gasteiger charge is -2.21. The second kappa shape index (κ2) is 6.31. The lowest BCUT2D eigenvalue weighted by atomic mass is 10.1. The van der Waals surface area contributed by atoms with Crippen LogP contribution in [0.4, 0.5) is 5.69 Å². The molecule has 0 radical (unpaired) electrons. The Morgan fingerprint density at radius 1 is 1.45 bits per heavy atom. The number of hydrogen-bond acceptors (Lipinski definition) is 4. The number of ether oxygens (including phenoxy) is 1. The lowest BCUT2D eigenvalue weighted by Crippen LogP contribution is -2.34. The molecular formula is C15H19NO3S. The van der Waals surface area contributed by atoms with Crippen molar-refractivity contribution in [3.63, 3.8) is 0 Å². The van der Waals surface area contributed by atoms with Gasteiger partial charge in [0.05, 0.1) is 12.7 Å². The molecule has 1 heterocycles. The molecule has 20 heavy (non-hydrogen) atoms. The second-order valence-electron chi connectivity index (χ2n) is 4.93. The van der Waals surface area contributed by atoms with Crippen molar-refractivity contribution in [2.45, 2.75) is 13.3 Å². The van der Waals surface area contributed by atoms with E-state index in [9.17, 15) is 9.59 Å². The smallest absolute Gasteiger partial charge is 0.337 e. The standard InChI is InChI=1S/C15H19NO3S/c1-10(9-20-3)14(17)16-7-6-11-8-12(15(18)19-2)4-5-13(11)16/h4-5,8,10H,6-7,9H2,1-3H3/t10-/m0/s1. The molecule has 1 aromatic rings. The van der Waals surface area contributed by atoms with E-state index in [0.29, 0.717) is 12.1 Å². The van der Waals surface area contributed by atoms with Crippen LogP contribution < -0.4 is 4.90 Å². The van der Waals surface area contributed by atoms with Crippen LogP contribution >= 0.6 is 11.8 Å². The number of amides is 1. The average molecular weight is 293 g/mol. The molecule has 0 saturated carbocycles. The summed E-state index contributed by atoms with van der Waals surface area (Å²) in [6.45, 7) is 2.65. The van der Waals surface area contributed by atoms with Gasteiger partial charge in [-0.05, 0) is 36.4 Å². The zero-order valence-corrected chi connectivity index (χ0v) is 12.8. The van der Waals surface area contributed by atoms with Crippen molar-refractivity contribution in [2.24, 2.45) is 5.92 Å². The fraction of sp³-hybridized carbons (Fsp3) is 0.467. The summed E-state index contributed by atoms with van der Waals surface area (Å²) in [6, 6.07) is 5.39. The van der Waals surface area contributed by atoms with Gasteiger partial charge in [0.1, 0.15) is 0 Å². The first kappa shape index (κ1) is 14.9. The minimum absolute atomic E-state index is 0.0104. The minimum Gasteiger partial charge on any atom is -0.465 e. The Balaban J connectivity index is 2.21. The minimum atomic E-state index is -0.340. The number of carbonyl (C=O) groups excluding carboxylic acids is 2. The number of anilines is 1. The van der Waals surface area contributed by atoms with Gasteiger partial charge in [0.15, 0.2) is 0 Å². The van der Waals surface area contributed by atoms with E-state index in [1.807, 2.05) is 30.2 Å². The summed E-state index contributed by atoms with van der Waals surface area (Å²) in [5.41, 5.74) is 2.51. The van der Waals surface area contributed by atoms with E-state index in [1.165, 1.54) is 7.11 Å². The number of carbonyl (C=O) groups is 2. The summed E-state index contributed by atoms with van der Waals surface area (Å²) in [6.07, 6.45) is 2.79. The second-order valence-corrected chi connectivity index (χ2v) is 5.84. The highest BCUT2D eigenvalue weighted by Gasteiger charge is 2.28. The van der Waals surface area contributed by atoms with E-state index in [4.69, 9.17) is 4.74 Å². The molecule has 0 N–H and O–H groups in total. The number of hydrogen-bond donors (Lipinski definition) is 0. The van der Waals surface area contributed by atoms with Gasteiger partial charge in [-0.2, -0.15) is 11.8 Å². The first-order valence-electron chi connectivity index (χ1n) is 6.60. The molecule has 2 rings (SSSR count). The number of thioether (sulfide) groups is 1. The normalized spacial score (nSPS) is 14.8. The van der Waals surface area contributed by atoms with Gasteiger partial charge in [-0.25, -0.2) is 4.79 Å². The highest BCUT2D eigenvalue weighted by atomic mass is 32.2. The van der Waals surface area contributed by atoms with Crippen molar-refractivity contribution in [2.75, 3.05) is 30.6 Å². The van der Waals surface area contributed by atoms with Gasteiger partial charge in [-0.1, -0.05) is 6.92 Å². The van der Waals surface area contributed by atoms with Crippen LogP contribution in [-0.4, -0.2) is 37.5 Å². The Kier molecular flexibility index (Phi) is 4.70. The molecule has 4 nitrogen and oxygen atoms in total. The Hall–Kier alpha value is -1.49. The number of fused-ring (bicyclic) bond motifs is 1. The number of benzene rings is 1. The molecule has 108 valence electrons. The van der Waals surface area contributed by atoms with Crippen LogP contribution in [0.1, 0.15) is 22.8 Å². The molecular weight excluding hydrogens is 274 g/mol. The maximum atomic E-state index is 12.4. The van der Waals surface area contributed by atoms with Crippen molar-refractivity contribution in [3.8, 4) is 0 Å². The van der Waals surface area contributed by atoms with Crippen LogP contribution in [0, 0.1) is 5.92 Å². The summed E-state index contributed by atoms with van der Waals surface area (Å²) < 4.78 is 4.72. The third-order valence-corrected chi connectivity index (χ3v) is 4.33. The quantitative estimate of drug-likeness (QED) is 0.800. The van der Waals surface area contributed by atoms with Crippen molar-refractivity contribution in [1.29, 1.82) is 0 Å². The van der Waals surface area contributed by atoms with Gasteiger partial charge in [0.25, 0.3) is 0 Å². The molecule has 1 amide bonds. The van der Waals surface area contributed by atoms with E-state index in [1.54, 1.807) is 17.8 Å². The van der Waals surface area contributed by atoms with Gasteiger partial charge in [-0.15, -0.1) is 0 Å². The predicted molar refractivity (Wildman–Crippen MR) is 81.4 cm³/mol. The monoisotopic (exact) mass is 293 g/mol. The van der Waals surface area contributed by atoms with Crippen LogP contribution in [0.2, 0.25) is 0 Å². The van der Waals surface area contributed by atoms with Crippen molar-refractivity contribution < 1.29 is 14.3 Å². The van der Waals surface area contributed by atoms with E-state index < -0.39 is 0 Å². The van der Waals surface area contributed by atoms with E-state index in [2.05, 4.69) is 0 Å². The number of nitrogens with zero attached hydrogens (tertiary/aromatic N) is 1. The fourth-order valence-electron chi connectivity index (χ4n) is 2.46. The zero-order chi connectivity index (χ0) is 14.7. The highest BCUT2D eigenvalue weighted by Crippen LogP contribution is 2.30. The van der Waals surface area contributed by atoms with Gasteiger partial charge in [-0.3, -0.25) is 4.79 Å². The van der Waals surface area contributed by atoms with E-state index in [0.717, 1.165) is 23.4 Å². The summed E-state index contributed by atoms with van der Waals surface area (Å²) in [5.74, 6) is 0.652. The van der Waals surface area contributed by atoms with Gasteiger partial charge in [0, 0.05) is 23.9 Å². The van der Waals surface area contributed by atoms with Crippen LogP contribution in [0.3, 0.4) is 0 Å². The largest absolute Gasteiger partial charge is 0.465 e. The van der Waals surface area contributed by atoms with Crippen molar-refractivity contribution in [3.05, 3.63) is 29.3 Å². The Morgan fingerprint density at radius 3 is 2.85 bits per heavy atom. The Bertz CT molecular complexity index is 530. The Labute approximate surface area is 123 Å². The van der Waals surface area contributed by atoms with E-state index >= 15 is 0 Å². The highest BCUT2D eigenvalue weighted by molar-refractivity contribution is 7.98. The molecule has 0 unspecified atom stereocenters. The number of methoxy groups -OCH3 is 1. The van der Waals surface area contributed by atoms with Crippen LogP contribution in [0.15, 0.2) is 18.2 Å². The molecule has 0 spiro atoms. The molecule has 0 aromatic heterocycles. The number of rotatable bonds is 4. The van der Waals surface area contributed by atoms with Crippen molar-refractivity contribution in [1.82, 2.24) is 0 Å². The summed E-state index contributed by atoms with van der Waals surface area (Å²) in [5, 5.41) is 0. The van der Waals surface area contributed by atoms with Crippen molar-refractivity contribution >= 4 is 29.3 Å². The van der Waals surface area contributed by atoms with Crippen LogP contribution in [-0.2, 0) is 16.0 Å². The third kappa shape index (κ3) is 2.82. The molecule has 5 heteroatoms. The van der Waals surface area contributed by atoms with Crippen LogP contribution in [0.5, 0.6) is 0 Å². The summed E-state index contributed by atoms with van der Waals surface area (Å²) in [7, 11) is 1.37. The predicted octanol–water partition coefficient (Wildman–Crippen LogP) is 2.36. The SMILES string of the molecule is COC(=O)c1ccc2c(c1)CCN2C(=O)[C@@H](C)CSC. The molecule has 1 atom stereocenters. The molecule has 0 saturated heterocycles. The summed E-state index contributed by atoms with van der Waals surface area (Å²) >= 11 is 1.68. The maximum absolute atomic E-state index is 12.4. The lowest BCUT2D eigenvalue weighted by molar-refractivity contribution is -0.121. The zero-order valence-electron chi connectivity index (χ0n) is 12.0. The number of esters is 1. The fourth-order valence-corrected chi connectivity index (χ4v) is 3.11. The molecule has 0 aliphatic carbocycles. The summed E-state index contributed by atoms with van der Waals surface area (Å²) in [4.78, 5) is 25.7. The van der Waals surface area contributed by atoms with Gasteiger partial charge in [0.2, 0.25) is 5.91 Å². The topological polar surface area (TPSA) is 46.6 Å². The average Bonchev–Trinajstić information content (AvgIpc) is 2.88. The molecule has 0 bridgehead atoms. The molecule has 1 aliphatic rings. The van der Waals surface area contributed by atoms with Gasteiger partial charge >= 0.3 is 5.97 Å².